The van der Waals surface area contributed by atoms with Gasteiger partial charge >= 0.3 is 6.09 Å². The topological polar surface area (TPSA) is 49.8 Å². The second-order valence-electron chi connectivity index (χ2n) is 5.50. The molecule has 17 heavy (non-hydrogen) atoms. The third-order valence-corrected chi connectivity index (χ3v) is 2.83. The highest BCUT2D eigenvalue weighted by molar-refractivity contribution is 5.68. The molecule has 2 atom stereocenters. The molecule has 1 amide bonds. The Balaban J connectivity index is 2.46. The first-order valence-electron chi connectivity index (χ1n) is 6.06. The van der Waals surface area contributed by atoms with E-state index in [9.17, 15) is 9.18 Å². The summed E-state index contributed by atoms with van der Waals surface area (Å²) in [6, 6.07) is 0. The lowest BCUT2D eigenvalue weighted by molar-refractivity contribution is 0.00325. The lowest BCUT2D eigenvalue weighted by Crippen LogP contribution is -2.47. The Kier molecular flexibility index (Phi) is 4.74. The van der Waals surface area contributed by atoms with Gasteiger partial charge in [-0.2, -0.15) is 0 Å². The Hall–Kier alpha value is -0.840. The van der Waals surface area contributed by atoms with E-state index in [-0.39, 0.29) is 19.1 Å². The highest BCUT2D eigenvalue weighted by atomic mass is 19.1. The molecule has 100 valence electrons. The Bertz CT molecular complexity index is 265. The maximum atomic E-state index is 13.7. The molecule has 1 aliphatic rings. The normalized spacial score (nSPS) is 25.8. The van der Waals surface area contributed by atoms with E-state index in [1.165, 1.54) is 4.90 Å². The van der Waals surface area contributed by atoms with Crippen LogP contribution in [-0.2, 0) is 4.74 Å². The highest BCUT2D eigenvalue weighted by Gasteiger charge is 2.33. The third-order valence-electron chi connectivity index (χ3n) is 2.83. The molecule has 0 bridgehead atoms. The molecule has 1 rings (SSSR count). The minimum atomic E-state index is -1.07. The van der Waals surface area contributed by atoms with Gasteiger partial charge in [-0.1, -0.05) is 0 Å². The Morgan fingerprint density at radius 1 is 1.53 bits per heavy atom. The summed E-state index contributed by atoms with van der Waals surface area (Å²) in [5.41, 5.74) is -0.551. The average molecular weight is 247 g/mol. The average Bonchev–Trinajstić information content (AvgIpc) is 2.18. The summed E-state index contributed by atoms with van der Waals surface area (Å²) in [5.74, 6) is -0.140. The molecule has 0 saturated carbocycles. The fourth-order valence-electron chi connectivity index (χ4n) is 1.94. The van der Waals surface area contributed by atoms with Crippen molar-refractivity contribution >= 4 is 6.09 Å². The molecule has 1 heterocycles. The lowest BCUT2D eigenvalue weighted by atomic mass is 9.92. The minimum absolute atomic E-state index is 0.00246. The quantitative estimate of drug-likeness (QED) is 0.811. The van der Waals surface area contributed by atoms with Gasteiger partial charge < -0.3 is 14.7 Å². The molecule has 4 nitrogen and oxygen atoms in total. The first-order valence-corrected chi connectivity index (χ1v) is 6.06. The van der Waals surface area contributed by atoms with E-state index in [0.717, 1.165) is 0 Å². The fraction of sp³-hybridized carbons (Fsp3) is 0.917. The minimum Gasteiger partial charge on any atom is -0.444 e. The number of aliphatic hydroxyl groups excluding tert-OH is 1. The van der Waals surface area contributed by atoms with Crippen molar-refractivity contribution in [3.05, 3.63) is 0 Å². The van der Waals surface area contributed by atoms with E-state index >= 15 is 0 Å². The van der Waals surface area contributed by atoms with E-state index in [0.29, 0.717) is 19.4 Å². The summed E-state index contributed by atoms with van der Waals surface area (Å²) >= 11 is 0. The molecule has 1 fully saturated rings. The summed E-state index contributed by atoms with van der Waals surface area (Å²) < 4.78 is 18.9. The molecule has 1 saturated heterocycles. The predicted molar refractivity (Wildman–Crippen MR) is 62.5 cm³/mol. The van der Waals surface area contributed by atoms with Crippen molar-refractivity contribution in [3.8, 4) is 0 Å². The lowest BCUT2D eigenvalue weighted by Gasteiger charge is -2.35. The maximum Gasteiger partial charge on any atom is 0.410 e. The van der Waals surface area contributed by atoms with Crippen LogP contribution in [0.3, 0.4) is 0 Å². The van der Waals surface area contributed by atoms with E-state index in [1.54, 1.807) is 20.8 Å². The number of carbonyl (C=O) groups excluding carboxylic acids is 1. The smallest absolute Gasteiger partial charge is 0.410 e. The molecule has 0 aromatic heterocycles. The number of carbonyl (C=O) groups is 1. The van der Waals surface area contributed by atoms with Gasteiger partial charge in [-0.05, 0) is 39.5 Å². The number of ether oxygens (including phenoxy) is 1. The first-order chi connectivity index (χ1) is 7.83. The molecule has 0 aromatic carbocycles. The fourth-order valence-corrected chi connectivity index (χ4v) is 1.94. The number of hydrogen-bond donors (Lipinski definition) is 1. The van der Waals surface area contributed by atoms with Crippen LogP contribution in [0, 0.1) is 5.92 Å². The highest BCUT2D eigenvalue weighted by Crippen LogP contribution is 2.24. The van der Waals surface area contributed by atoms with Crippen LogP contribution >= 0.6 is 0 Å². The number of piperidine rings is 1. The number of nitrogens with zero attached hydrogens (tertiary/aromatic N) is 1. The van der Waals surface area contributed by atoms with Crippen LogP contribution in [0.15, 0.2) is 0 Å². The van der Waals surface area contributed by atoms with Gasteiger partial charge in [0.25, 0.3) is 0 Å². The van der Waals surface area contributed by atoms with Crippen LogP contribution in [-0.4, -0.2) is 47.6 Å². The number of alkyl halides is 1. The Morgan fingerprint density at radius 3 is 2.65 bits per heavy atom. The molecule has 0 spiro atoms. The van der Waals surface area contributed by atoms with Gasteiger partial charge in [0.1, 0.15) is 11.8 Å². The second kappa shape index (κ2) is 5.67. The van der Waals surface area contributed by atoms with Crippen molar-refractivity contribution in [2.24, 2.45) is 5.92 Å². The van der Waals surface area contributed by atoms with Gasteiger partial charge in [0.15, 0.2) is 0 Å². The second-order valence-corrected chi connectivity index (χ2v) is 5.50. The largest absolute Gasteiger partial charge is 0.444 e. The van der Waals surface area contributed by atoms with Crippen molar-refractivity contribution in [1.29, 1.82) is 0 Å². The van der Waals surface area contributed by atoms with Crippen LogP contribution in [0.5, 0.6) is 0 Å². The van der Waals surface area contributed by atoms with Crippen LogP contribution in [0.4, 0.5) is 9.18 Å². The monoisotopic (exact) mass is 247 g/mol. The van der Waals surface area contributed by atoms with Gasteiger partial charge in [-0.15, -0.1) is 0 Å². The summed E-state index contributed by atoms with van der Waals surface area (Å²) in [4.78, 5) is 13.1. The molecule has 1 aliphatic heterocycles. The molecular formula is C12H22FNO3. The van der Waals surface area contributed by atoms with E-state index in [2.05, 4.69) is 0 Å². The maximum absolute atomic E-state index is 13.7. The predicted octanol–water partition coefficient (Wildman–Crippen LogP) is 1.96. The number of likely N-dealkylation sites (tertiary alicyclic amines) is 1. The number of hydrogen-bond acceptors (Lipinski definition) is 3. The zero-order chi connectivity index (χ0) is 13.1. The molecule has 0 aliphatic carbocycles. The molecule has 0 radical (unpaired) electrons. The van der Waals surface area contributed by atoms with E-state index in [1.807, 2.05) is 0 Å². The van der Waals surface area contributed by atoms with Crippen molar-refractivity contribution in [3.63, 3.8) is 0 Å². The van der Waals surface area contributed by atoms with E-state index < -0.39 is 17.9 Å². The summed E-state index contributed by atoms with van der Waals surface area (Å²) in [5, 5.41) is 8.79. The van der Waals surface area contributed by atoms with E-state index in [4.69, 9.17) is 9.84 Å². The van der Waals surface area contributed by atoms with Crippen LogP contribution < -0.4 is 0 Å². The first kappa shape index (κ1) is 14.2. The zero-order valence-corrected chi connectivity index (χ0v) is 10.8. The summed E-state index contributed by atoms with van der Waals surface area (Å²) in [6.45, 7) is 5.93. The van der Waals surface area contributed by atoms with Crippen LogP contribution in [0.2, 0.25) is 0 Å². The number of halogens is 1. The van der Waals surface area contributed by atoms with Crippen molar-refractivity contribution in [1.82, 2.24) is 4.90 Å². The summed E-state index contributed by atoms with van der Waals surface area (Å²) in [7, 11) is 0. The molecule has 0 aromatic rings. The molecule has 1 N–H and O–H groups in total. The van der Waals surface area contributed by atoms with Crippen molar-refractivity contribution in [2.45, 2.75) is 45.4 Å². The van der Waals surface area contributed by atoms with Gasteiger partial charge in [-0.3, -0.25) is 0 Å². The van der Waals surface area contributed by atoms with Crippen LogP contribution in [0.25, 0.3) is 0 Å². The van der Waals surface area contributed by atoms with Crippen LogP contribution in [0.1, 0.15) is 33.6 Å². The van der Waals surface area contributed by atoms with Crippen molar-refractivity contribution < 1.29 is 19.0 Å². The van der Waals surface area contributed by atoms with Gasteiger partial charge in [-0.25, -0.2) is 9.18 Å². The van der Waals surface area contributed by atoms with Gasteiger partial charge in [0.05, 0.1) is 6.54 Å². The molecule has 0 unspecified atom stereocenters. The zero-order valence-electron chi connectivity index (χ0n) is 10.8. The Morgan fingerprint density at radius 2 is 2.18 bits per heavy atom. The van der Waals surface area contributed by atoms with Gasteiger partial charge in [0, 0.05) is 13.2 Å². The third kappa shape index (κ3) is 4.50. The van der Waals surface area contributed by atoms with Crippen molar-refractivity contribution in [2.75, 3.05) is 19.7 Å². The SMILES string of the molecule is CC(C)(C)OC(=O)N1CC[C@@H](CCO)[C@H](F)C1. The number of rotatable bonds is 2. The summed E-state index contributed by atoms with van der Waals surface area (Å²) in [6.07, 6.45) is -0.476. The Labute approximate surface area is 102 Å². The number of amides is 1. The van der Waals surface area contributed by atoms with Gasteiger partial charge in [0.2, 0.25) is 0 Å². The standard InChI is InChI=1S/C12H22FNO3/c1-12(2,3)17-11(16)14-6-4-9(5-7-15)10(13)8-14/h9-10,15H,4-8H2,1-3H3/t9-,10+/m0/s1. The number of aliphatic hydroxyl groups is 1. The molecule has 5 heteroatoms. The molecular weight excluding hydrogens is 225 g/mol.